The SMILES string of the molecule is CC(N)CCc1cc(Br)c2c(c1)OCCO2. The van der Waals surface area contributed by atoms with Gasteiger partial charge in [-0.2, -0.15) is 0 Å². The first-order valence-corrected chi connectivity index (χ1v) is 6.29. The van der Waals surface area contributed by atoms with Crippen molar-refractivity contribution in [3.63, 3.8) is 0 Å². The van der Waals surface area contributed by atoms with Gasteiger partial charge in [0.15, 0.2) is 11.5 Å². The maximum Gasteiger partial charge on any atom is 0.175 e. The van der Waals surface area contributed by atoms with Gasteiger partial charge in [-0.1, -0.05) is 0 Å². The van der Waals surface area contributed by atoms with Crippen LogP contribution >= 0.6 is 15.9 Å². The number of rotatable bonds is 3. The van der Waals surface area contributed by atoms with E-state index in [-0.39, 0.29) is 6.04 Å². The lowest BCUT2D eigenvalue weighted by Gasteiger charge is -2.20. The minimum atomic E-state index is 0.229. The van der Waals surface area contributed by atoms with Crippen LogP contribution < -0.4 is 15.2 Å². The molecule has 2 rings (SSSR count). The highest BCUT2D eigenvalue weighted by atomic mass is 79.9. The molecule has 0 bridgehead atoms. The highest BCUT2D eigenvalue weighted by Crippen LogP contribution is 2.38. The third kappa shape index (κ3) is 2.68. The first-order chi connectivity index (χ1) is 7.66. The van der Waals surface area contributed by atoms with Gasteiger partial charge in [-0.05, 0) is 53.4 Å². The Balaban J connectivity index is 2.18. The van der Waals surface area contributed by atoms with E-state index in [4.69, 9.17) is 15.2 Å². The van der Waals surface area contributed by atoms with Crippen molar-refractivity contribution >= 4 is 15.9 Å². The second-order valence-corrected chi connectivity index (χ2v) is 4.97. The molecule has 1 aromatic carbocycles. The van der Waals surface area contributed by atoms with Crippen LogP contribution in [0.5, 0.6) is 11.5 Å². The van der Waals surface area contributed by atoms with Crippen LogP contribution in [0, 0.1) is 0 Å². The molecule has 3 nitrogen and oxygen atoms in total. The summed E-state index contributed by atoms with van der Waals surface area (Å²) in [5, 5.41) is 0. The van der Waals surface area contributed by atoms with Crippen molar-refractivity contribution < 1.29 is 9.47 Å². The molecule has 16 heavy (non-hydrogen) atoms. The first kappa shape index (κ1) is 11.7. The Bertz CT molecular complexity index is 380. The summed E-state index contributed by atoms with van der Waals surface area (Å²) in [6, 6.07) is 4.35. The number of fused-ring (bicyclic) bond motifs is 1. The summed E-state index contributed by atoms with van der Waals surface area (Å²) in [6.45, 7) is 3.26. The molecule has 0 saturated carbocycles. The van der Waals surface area contributed by atoms with Gasteiger partial charge in [0.2, 0.25) is 0 Å². The summed E-state index contributed by atoms with van der Waals surface area (Å²) in [5.74, 6) is 1.65. The third-order valence-electron chi connectivity index (χ3n) is 2.54. The predicted molar refractivity (Wildman–Crippen MR) is 67.1 cm³/mol. The van der Waals surface area contributed by atoms with Crippen LogP contribution in [-0.2, 0) is 6.42 Å². The molecule has 4 heteroatoms. The van der Waals surface area contributed by atoms with Crippen molar-refractivity contribution in [2.45, 2.75) is 25.8 Å². The van der Waals surface area contributed by atoms with E-state index in [1.807, 2.05) is 13.0 Å². The predicted octanol–water partition coefficient (Wildman–Crippen LogP) is 2.50. The summed E-state index contributed by atoms with van der Waals surface area (Å²) in [4.78, 5) is 0. The van der Waals surface area contributed by atoms with Gasteiger partial charge >= 0.3 is 0 Å². The Morgan fingerprint density at radius 1 is 1.38 bits per heavy atom. The van der Waals surface area contributed by atoms with E-state index in [2.05, 4.69) is 22.0 Å². The summed E-state index contributed by atoms with van der Waals surface area (Å²) in [6.07, 6.45) is 1.94. The molecule has 1 aliphatic heterocycles. The number of aryl methyl sites for hydroxylation is 1. The maximum atomic E-state index is 5.75. The van der Waals surface area contributed by atoms with Crippen LogP contribution in [0.4, 0.5) is 0 Å². The summed E-state index contributed by atoms with van der Waals surface area (Å²) >= 11 is 3.50. The molecule has 1 aromatic rings. The lowest BCUT2D eigenvalue weighted by Crippen LogP contribution is -2.17. The van der Waals surface area contributed by atoms with E-state index in [9.17, 15) is 0 Å². The molecule has 2 N–H and O–H groups in total. The normalized spacial score (nSPS) is 15.9. The molecule has 0 saturated heterocycles. The Morgan fingerprint density at radius 3 is 2.88 bits per heavy atom. The van der Waals surface area contributed by atoms with Crippen molar-refractivity contribution in [2.24, 2.45) is 5.73 Å². The number of nitrogens with two attached hydrogens (primary N) is 1. The van der Waals surface area contributed by atoms with E-state index in [0.717, 1.165) is 28.8 Å². The lowest BCUT2D eigenvalue weighted by atomic mass is 10.1. The Hall–Kier alpha value is -0.740. The number of hydrogen-bond acceptors (Lipinski definition) is 3. The summed E-state index contributed by atoms with van der Waals surface area (Å²) in [5.41, 5.74) is 6.98. The third-order valence-corrected chi connectivity index (χ3v) is 3.13. The lowest BCUT2D eigenvalue weighted by molar-refractivity contribution is 0.170. The molecular formula is C12H16BrNO2. The summed E-state index contributed by atoms with van der Waals surface area (Å²) < 4.78 is 12.1. The maximum absolute atomic E-state index is 5.75. The van der Waals surface area contributed by atoms with E-state index < -0.39 is 0 Å². The zero-order valence-electron chi connectivity index (χ0n) is 9.33. The molecule has 1 aliphatic rings. The zero-order valence-corrected chi connectivity index (χ0v) is 10.9. The van der Waals surface area contributed by atoms with Crippen LogP contribution in [0.25, 0.3) is 0 Å². The smallest absolute Gasteiger partial charge is 0.175 e. The van der Waals surface area contributed by atoms with Gasteiger partial charge in [0.1, 0.15) is 13.2 Å². The van der Waals surface area contributed by atoms with Gasteiger partial charge in [-0.3, -0.25) is 0 Å². The van der Waals surface area contributed by atoms with Crippen molar-refractivity contribution in [1.82, 2.24) is 0 Å². The van der Waals surface area contributed by atoms with E-state index in [1.165, 1.54) is 5.56 Å². The van der Waals surface area contributed by atoms with Gasteiger partial charge < -0.3 is 15.2 Å². The average molecular weight is 286 g/mol. The highest BCUT2D eigenvalue weighted by molar-refractivity contribution is 9.10. The quantitative estimate of drug-likeness (QED) is 0.928. The van der Waals surface area contributed by atoms with E-state index in [0.29, 0.717) is 13.2 Å². The fraction of sp³-hybridized carbons (Fsp3) is 0.500. The Kier molecular flexibility index (Phi) is 3.71. The molecule has 0 radical (unpaired) electrons. The van der Waals surface area contributed by atoms with Crippen LogP contribution in [0.1, 0.15) is 18.9 Å². The standard InChI is InChI=1S/C12H16BrNO2/c1-8(14)2-3-9-6-10(13)12-11(7-9)15-4-5-16-12/h6-8H,2-5,14H2,1H3. The number of halogens is 1. The molecule has 88 valence electrons. The second-order valence-electron chi connectivity index (χ2n) is 4.12. The fourth-order valence-electron chi connectivity index (χ4n) is 1.70. The van der Waals surface area contributed by atoms with Gasteiger partial charge in [-0.15, -0.1) is 0 Å². The molecule has 1 heterocycles. The van der Waals surface area contributed by atoms with E-state index >= 15 is 0 Å². The number of hydrogen-bond donors (Lipinski definition) is 1. The van der Waals surface area contributed by atoms with Crippen molar-refractivity contribution in [1.29, 1.82) is 0 Å². The highest BCUT2D eigenvalue weighted by Gasteiger charge is 2.16. The topological polar surface area (TPSA) is 44.5 Å². The van der Waals surface area contributed by atoms with Gasteiger partial charge in [0.25, 0.3) is 0 Å². The largest absolute Gasteiger partial charge is 0.486 e. The molecule has 0 amide bonds. The Labute approximate surface area is 104 Å². The number of ether oxygens (including phenoxy) is 2. The minimum Gasteiger partial charge on any atom is -0.486 e. The summed E-state index contributed by atoms with van der Waals surface area (Å²) in [7, 11) is 0. The van der Waals surface area contributed by atoms with Crippen molar-refractivity contribution in [3.8, 4) is 11.5 Å². The van der Waals surface area contributed by atoms with Gasteiger partial charge in [-0.25, -0.2) is 0 Å². The number of benzene rings is 1. The van der Waals surface area contributed by atoms with Gasteiger partial charge in [0.05, 0.1) is 4.47 Å². The van der Waals surface area contributed by atoms with Crippen molar-refractivity contribution in [2.75, 3.05) is 13.2 Å². The minimum absolute atomic E-state index is 0.229. The Morgan fingerprint density at radius 2 is 2.12 bits per heavy atom. The van der Waals surface area contributed by atoms with Crippen LogP contribution in [0.2, 0.25) is 0 Å². The van der Waals surface area contributed by atoms with Crippen LogP contribution in [0.3, 0.4) is 0 Å². The van der Waals surface area contributed by atoms with E-state index in [1.54, 1.807) is 0 Å². The van der Waals surface area contributed by atoms with Crippen LogP contribution in [-0.4, -0.2) is 19.3 Å². The molecular weight excluding hydrogens is 270 g/mol. The molecule has 1 unspecified atom stereocenters. The molecule has 0 fully saturated rings. The molecule has 0 aromatic heterocycles. The fourth-order valence-corrected chi connectivity index (χ4v) is 2.31. The molecule has 0 spiro atoms. The first-order valence-electron chi connectivity index (χ1n) is 5.50. The molecule has 1 atom stereocenters. The second kappa shape index (κ2) is 5.06. The van der Waals surface area contributed by atoms with Gasteiger partial charge in [0, 0.05) is 6.04 Å². The monoisotopic (exact) mass is 285 g/mol. The molecule has 0 aliphatic carbocycles. The van der Waals surface area contributed by atoms with Crippen LogP contribution in [0.15, 0.2) is 16.6 Å². The zero-order chi connectivity index (χ0) is 11.5. The van der Waals surface area contributed by atoms with Crippen molar-refractivity contribution in [3.05, 3.63) is 22.2 Å². The average Bonchev–Trinajstić information content (AvgIpc) is 2.26.